The van der Waals surface area contributed by atoms with Crippen molar-refractivity contribution in [3.8, 4) is 6.07 Å². The molecular weight excluding hydrogens is 392 g/mol. The number of rotatable bonds is 6. The molecule has 1 aliphatic heterocycles. The van der Waals surface area contributed by atoms with Gasteiger partial charge in [0.25, 0.3) is 5.91 Å². The van der Waals surface area contributed by atoms with E-state index in [0.29, 0.717) is 23.0 Å². The maximum absolute atomic E-state index is 12.8. The van der Waals surface area contributed by atoms with Crippen LogP contribution in [0.2, 0.25) is 0 Å². The van der Waals surface area contributed by atoms with Crippen LogP contribution in [-0.4, -0.2) is 18.0 Å². The minimum atomic E-state index is -0.113. The van der Waals surface area contributed by atoms with Crippen LogP contribution in [0.4, 0.5) is 5.00 Å². The molecule has 0 spiro atoms. The zero-order valence-corrected chi connectivity index (χ0v) is 19.7. The number of thiophene rings is 1. The highest BCUT2D eigenvalue weighted by atomic mass is 32.1. The van der Waals surface area contributed by atoms with Gasteiger partial charge in [-0.1, -0.05) is 44.2 Å². The summed E-state index contributed by atoms with van der Waals surface area (Å²) in [6.45, 7) is 13.5. The third-order valence-electron chi connectivity index (χ3n) is 5.80. The molecule has 0 fully saturated rings. The van der Waals surface area contributed by atoms with Gasteiger partial charge in [-0.25, -0.2) is 0 Å². The fourth-order valence-corrected chi connectivity index (χ4v) is 6.05. The number of nitrogens with one attached hydrogen (secondary N) is 1. The van der Waals surface area contributed by atoms with E-state index in [9.17, 15) is 10.1 Å². The van der Waals surface area contributed by atoms with Crippen LogP contribution < -0.4 is 16.0 Å². The predicted octanol–water partition coefficient (Wildman–Crippen LogP) is 2.65. The van der Waals surface area contributed by atoms with Gasteiger partial charge in [0.15, 0.2) is 6.54 Å². The molecular formula is C24H34N4OS+2. The van der Waals surface area contributed by atoms with Gasteiger partial charge in [-0.3, -0.25) is 4.79 Å². The molecule has 0 radical (unpaired) electrons. The smallest absolute Gasteiger partial charge is 0.280 e. The fraction of sp³-hybridized carbons (Fsp3) is 0.500. The molecule has 6 heteroatoms. The van der Waals surface area contributed by atoms with Crippen molar-refractivity contribution < 1.29 is 15.4 Å². The van der Waals surface area contributed by atoms with Crippen LogP contribution >= 0.6 is 11.3 Å². The maximum atomic E-state index is 12.8. The monoisotopic (exact) mass is 426 g/mol. The summed E-state index contributed by atoms with van der Waals surface area (Å²) in [6, 6.07) is 12.9. The lowest BCUT2D eigenvalue weighted by atomic mass is 9.81. The van der Waals surface area contributed by atoms with Crippen LogP contribution in [0.25, 0.3) is 0 Å². The van der Waals surface area contributed by atoms with E-state index in [2.05, 4.69) is 75.7 Å². The largest absolute Gasteiger partial charge is 0.333 e. The van der Waals surface area contributed by atoms with E-state index < -0.39 is 0 Å². The van der Waals surface area contributed by atoms with E-state index >= 15 is 0 Å². The molecule has 0 bridgehead atoms. The Kier molecular flexibility index (Phi) is 6.37. The average Bonchev–Trinajstić information content (AvgIpc) is 2.98. The number of nitrogens with zero attached hydrogens (tertiary/aromatic N) is 1. The lowest BCUT2D eigenvalue weighted by Gasteiger charge is -2.38. The highest BCUT2D eigenvalue weighted by Gasteiger charge is 2.44. The molecule has 0 unspecified atom stereocenters. The van der Waals surface area contributed by atoms with Crippen molar-refractivity contribution in [2.75, 3.05) is 11.9 Å². The summed E-state index contributed by atoms with van der Waals surface area (Å²) in [5.41, 5.74) is 2.88. The molecule has 1 atom stereocenters. The lowest BCUT2D eigenvalue weighted by molar-refractivity contribution is -0.789. The number of fused-ring (bicyclic) bond motifs is 1. The molecule has 1 amide bonds. The number of anilines is 1. The van der Waals surface area contributed by atoms with Crippen molar-refractivity contribution in [3.63, 3.8) is 0 Å². The highest BCUT2D eigenvalue weighted by molar-refractivity contribution is 7.16. The van der Waals surface area contributed by atoms with Crippen LogP contribution in [0.3, 0.4) is 0 Å². The first-order valence-electron chi connectivity index (χ1n) is 10.7. The number of quaternary nitrogens is 2. The summed E-state index contributed by atoms with van der Waals surface area (Å²) >= 11 is 1.56. The molecule has 1 aliphatic rings. The predicted molar refractivity (Wildman–Crippen MR) is 121 cm³/mol. The minimum absolute atomic E-state index is 0.0262. The molecule has 0 saturated heterocycles. The molecule has 0 aliphatic carbocycles. The van der Waals surface area contributed by atoms with E-state index in [0.717, 1.165) is 12.0 Å². The fourth-order valence-electron chi connectivity index (χ4n) is 4.79. The zero-order chi connectivity index (χ0) is 22.1. The van der Waals surface area contributed by atoms with E-state index in [-0.39, 0.29) is 23.0 Å². The summed E-state index contributed by atoms with van der Waals surface area (Å²) in [6.07, 6.45) is 0.830. The Morgan fingerprint density at radius 2 is 1.93 bits per heavy atom. The first-order chi connectivity index (χ1) is 14.0. The van der Waals surface area contributed by atoms with Crippen LogP contribution in [0.5, 0.6) is 0 Å². The summed E-state index contributed by atoms with van der Waals surface area (Å²) in [7, 11) is 0. The van der Waals surface area contributed by atoms with Crippen molar-refractivity contribution in [1.29, 1.82) is 5.26 Å². The van der Waals surface area contributed by atoms with Gasteiger partial charge in [0, 0.05) is 17.9 Å². The Bertz CT molecular complexity index is 954. The number of benzene rings is 1. The molecule has 1 aromatic carbocycles. The van der Waals surface area contributed by atoms with Crippen molar-refractivity contribution in [2.45, 2.75) is 65.1 Å². The number of nitriles is 1. The van der Waals surface area contributed by atoms with E-state index in [1.165, 1.54) is 10.4 Å². The van der Waals surface area contributed by atoms with Crippen LogP contribution in [0.15, 0.2) is 30.3 Å². The number of hydrogen-bond acceptors (Lipinski definition) is 3. The van der Waals surface area contributed by atoms with Crippen molar-refractivity contribution >= 4 is 22.2 Å². The topological polar surface area (TPSA) is 86.1 Å². The molecule has 5 N–H and O–H groups in total. The van der Waals surface area contributed by atoms with Gasteiger partial charge in [0.2, 0.25) is 0 Å². The second-order valence-electron chi connectivity index (χ2n) is 9.93. The Hall–Kier alpha value is -2.20. The van der Waals surface area contributed by atoms with Gasteiger partial charge in [0.05, 0.1) is 16.0 Å². The number of carbonyl (C=O) groups is 1. The van der Waals surface area contributed by atoms with Crippen molar-refractivity contribution in [2.24, 2.45) is 5.92 Å². The first kappa shape index (κ1) is 22.5. The van der Waals surface area contributed by atoms with Gasteiger partial charge in [-0.05, 0) is 33.3 Å². The second-order valence-corrected chi connectivity index (χ2v) is 10.9. The number of carbonyl (C=O) groups excluding carboxylic acids is 1. The summed E-state index contributed by atoms with van der Waals surface area (Å²) in [5.74, 6) is 0.343. The number of amides is 1. The van der Waals surface area contributed by atoms with Crippen LogP contribution in [0, 0.1) is 17.2 Å². The molecule has 0 saturated carbocycles. The van der Waals surface area contributed by atoms with Crippen LogP contribution in [-0.2, 0) is 16.8 Å². The zero-order valence-electron chi connectivity index (χ0n) is 18.9. The Labute approximate surface area is 183 Å². The van der Waals surface area contributed by atoms with E-state index in [4.69, 9.17) is 0 Å². The summed E-state index contributed by atoms with van der Waals surface area (Å²) in [5, 5.41) is 18.0. The Balaban J connectivity index is 1.76. The first-order valence-corrected chi connectivity index (χ1v) is 11.5. The average molecular weight is 427 g/mol. The third-order valence-corrected chi connectivity index (χ3v) is 7.29. The highest BCUT2D eigenvalue weighted by Crippen LogP contribution is 2.41. The lowest BCUT2D eigenvalue weighted by Crippen LogP contribution is -3.03. The van der Waals surface area contributed by atoms with Crippen molar-refractivity contribution in [1.82, 2.24) is 0 Å². The third kappa shape index (κ3) is 4.75. The summed E-state index contributed by atoms with van der Waals surface area (Å²) in [4.78, 5) is 14.0. The molecule has 1 aromatic heterocycles. The van der Waals surface area contributed by atoms with Gasteiger partial charge in [-0.2, -0.15) is 5.26 Å². The van der Waals surface area contributed by atoms with Crippen LogP contribution in [0.1, 0.15) is 69.2 Å². The standard InChI is InChI=1S/C24H32N4OS/c1-15(2)20(16-10-8-7-9-11-16)26-14-19(29)27-22-18(13-25)17-12-23(3,4)28-24(5,6)21(17)30-22/h7-11,15,20,26,28H,12,14H2,1-6H3,(H,27,29)/p+2/t20-/m0/s1. The normalized spacial score (nSPS) is 17.8. The van der Waals surface area contributed by atoms with E-state index in [1.807, 2.05) is 18.2 Å². The Morgan fingerprint density at radius 3 is 2.53 bits per heavy atom. The van der Waals surface area contributed by atoms with Crippen molar-refractivity contribution in [3.05, 3.63) is 51.9 Å². The Morgan fingerprint density at radius 1 is 1.27 bits per heavy atom. The second kappa shape index (κ2) is 8.50. The maximum Gasteiger partial charge on any atom is 0.280 e. The SMILES string of the molecule is CC(C)[C@H]([NH2+]CC(=O)Nc1sc2c(c1C#N)CC(C)(C)[NH2+]C2(C)C)c1ccccc1. The number of nitrogens with two attached hydrogens (primary N) is 2. The number of hydrogen-bond donors (Lipinski definition) is 3. The molecule has 30 heavy (non-hydrogen) atoms. The molecule has 160 valence electrons. The minimum Gasteiger partial charge on any atom is -0.333 e. The molecule has 3 rings (SSSR count). The summed E-state index contributed by atoms with van der Waals surface area (Å²) < 4.78 is 0. The van der Waals surface area contributed by atoms with Gasteiger partial charge < -0.3 is 16.0 Å². The van der Waals surface area contributed by atoms with Gasteiger partial charge in [-0.15, -0.1) is 11.3 Å². The van der Waals surface area contributed by atoms with Gasteiger partial charge >= 0.3 is 0 Å². The van der Waals surface area contributed by atoms with Gasteiger partial charge in [0.1, 0.15) is 22.7 Å². The molecule has 2 aromatic rings. The van der Waals surface area contributed by atoms with E-state index in [1.54, 1.807) is 11.3 Å². The quantitative estimate of drug-likeness (QED) is 0.663. The molecule has 5 nitrogen and oxygen atoms in total. The molecule has 2 heterocycles.